The van der Waals surface area contributed by atoms with Crippen molar-refractivity contribution in [2.75, 3.05) is 0 Å². The van der Waals surface area contributed by atoms with Crippen molar-refractivity contribution in [3.63, 3.8) is 0 Å². The largest absolute Gasteiger partial charge is 4.00 e. The average Bonchev–Trinajstić information content (AvgIpc) is 3.28. The Bertz CT molecular complexity index is 1330. The van der Waals surface area contributed by atoms with Gasteiger partial charge in [0.2, 0.25) is 0 Å². The third-order valence-corrected chi connectivity index (χ3v) is 5.88. The molecule has 0 unspecified atom stereocenters. The molecule has 0 fully saturated rings. The van der Waals surface area contributed by atoms with Crippen LogP contribution in [0.4, 0.5) is 0 Å². The Hall–Kier alpha value is -2.67. The molecule has 0 N–H and O–H groups in total. The van der Waals surface area contributed by atoms with Gasteiger partial charge in [-0.2, -0.15) is 0 Å². The van der Waals surface area contributed by atoms with E-state index in [0.29, 0.717) is 0 Å². The Morgan fingerprint density at radius 1 is 0.467 bits per heavy atom. The van der Waals surface area contributed by atoms with Gasteiger partial charge in [-0.1, -0.05) is 79.2 Å². The topological polar surface area (TPSA) is 0 Å². The van der Waals surface area contributed by atoms with Gasteiger partial charge >= 0.3 is 21.7 Å². The number of rotatable bonds is 2. The zero-order valence-electron chi connectivity index (χ0n) is 17.4. The van der Waals surface area contributed by atoms with E-state index >= 15 is 0 Å². The summed E-state index contributed by atoms with van der Waals surface area (Å²) in [6.45, 7) is 0. The molecule has 30 heavy (non-hydrogen) atoms. The van der Waals surface area contributed by atoms with E-state index < -0.39 is 0 Å². The average molecular weight is 420 g/mol. The van der Waals surface area contributed by atoms with Crippen molar-refractivity contribution in [3.8, 4) is 0 Å². The summed E-state index contributed by atoms with van der Waals surface area (Å²) in [7, 11) is 0. The molecule has 0 heterocycles. The molecule has 0 radical (unpaired) electrons. The molecule has 0 aliphatic rings. The summed E-state index contributed by atoms with van der Waals surface area (Å²) >= 11 is 0. The summed E-state index contributed by atoms with van der Waals surface area (Å²) in [6, 6.07) is 35.5. The van der Waals surface area contributed by atoms with Gasteiger partial charge in [-0.15, -0.1) is 78.5 Å². The van der Waals surface area contributed by atoms with Crippen LogP contribution in [0.5, 0.6) is 0 Å². The predicted molar refractivity (Wildman–Crippen MR) is 130 cm³/mol. The van der Waals surface area contributed by atoms with Crippen molar-refractivity contribution in [2.45, 2.75) is 6.42 Å². The molecule has 0 amide bonds. The van der Waals surface area contributed by atoms with Gasteiger partial charge in [0.05, 0.1) is 0 Å². The smallest absolute Gasteiger partial charge is 0.358 e. The molecule has 6 rings (SSSR count). The van der Waals surface area contributed by atoms with Crippen molar-refractivity contribution >= 4 is 43.1 Å². The van der Waals surface area contributed by atoms with Crippen LogP contribution in [0.3, 0.4) is 0 Å². The fraction of sp³-hybridized carbons (Fsp3) is 0.0345. The van der Waals surface area contributed by atoms with Crippen LogP contribution < -0.4 is 0 Å². The van der Waals surface area contributed by atoms with Crippen molar-refractivity contribution < 1.29 is 21.7 Å². The standard InChI is InChI=1S/C27H18.2CH3.Ti/c1-3-11-22-20(7-1)16-26-18(9-5-13-24(22)26)15-19-10-6-14-25-23-12-4-2-8-21(23)17-27(19)25;;;/h1-14,16-17H,15H2;2*1H3;/q-2;2*-1;+4. The molecule has 1 heteroatoms. The Morgan fingerprint density at radius 3 is 1.33 bits per heavy atom. The van der Waals surface area contributed by atoms with E-state index in [1.165, 1.54) is 54.2 Å². The van der Waals surface area contributed by atoms with Crippen LogP contribution in [0.2, 0.25) is 0 Å². The maximum Gasteiger partial charge on any atom is 4.00 e. The van der Waals surface area contributed by atoms with Crippen molar-refractivity contribution in [2.24, 2.45) is 0 Å². The normalized spacial score (nSPS) is 10.7. The minimum atomic E-state index is 0. The Kier molecular flexibility index (Phi) is 6.31. The molecule has 0 atom stereocenters. The van der Waals surface area contributed by atoms with E-state index in [-0.39, 0.29) is 36.6 Å². The minimum Gasteiger partial charge on any atom is -0.358 e. The number of benzene rings is 4. The molecule has 0 aromatic heterocycles. The molecule has 144 valence electrons. The van der Waals surface area contributed by atoms with Crippen LogP contribution in [0.25, 0.3) is 43.1 Å². The molecule has 0 saturated heterocycles. The molecule has 0 bridgehead atoms. The molecule has 0 aliphatic heterocycles. The van der Waals surface area contributed by atoms with Gasteiger partial charge in [0, 0.05) is 0 Å². The first-order valence-corrected chi connectivity index (χ1v) is 9.50. The van der Waals surface area contributed by atoms with Crippen molar-refractivity contribution in [3.05, 3.63) is 123 Å². The van der Waals surface area contributed by atoms with Gasteiger partial charge in [-0.3, -0.25) is 0 Å². The van der Waals surface area contributed by atoms with Crippen molar-refractivity contribution in [1.82, 2.24) is 0 Å². The second kappa shape index (κ2) is 8.60. The quantitative estimate of drug-likeness (QED) is 0.196. The third kappa shape index (κ3) is 3.31. The van der Waals surface area contributed by atoms with Crippen LogP contribution >= 0.6 is 0 Å². The molecule has 0 spiro atoms. The summed E-state index contributed by atoms with van der Waals surface area (Å²) in [5.41, 5.74) is 2.81. The summed E-state index contributed by atoms with van der Waals surface area (Å²) in [6.07, 6.45) is 0.960. The fourth-order valence-corrected chi connectivity index (χ4v) is 4.60. The first kappa shape index (κ1) is 22.0. The number of fused-ring (bicyclic) bond motifs is 6. The second-order valence-electron chi connectivity index (χ2n) is 7.40. The summed E-state index contributed by atoms with van der Waals surface area (Å²) in [5, 5.41) is 10.9. The maximum atomic E-state index is 2.35. The van der Waals surface area contributed by atoms with Crippen LogP contribution in [0.15, 0.2) is 97.1 Å². The van der Waals surface area contributed by atoms with E-state index in [9.17, 15) is 0 Å². The monoisotopic (exact) mass is 420 g/mol. The van der Waals surface area contributed by atoms with Gasteiger partial charge in [0.25, 0.3) is 0 Å². The minimum absolute atomic E-state index is 0. The zero-order valence-corrected chi connectivity index (χ0v) is 19.0. The third-order valence-electron chi connectivity index (χ3n) is 5.88. The summed E-state index contributed by atoms with van der Waals surface area (Å²) in [5.74, 6) is 0. The van der Waals surface area contributed by atoms with Gasteiger partial charge in [0.1, 0.15) is 0 Å². The molecule has 0 nitrogen and oxygen atoms in total. The zero-order chi connectivity index (χ0) is 17.8. The van der Waals surface area contributed by atoms with Gasteiger partial charge in [-0.05, 0) is 0 Å². The Morgan fingerprint density at radius 2 is 0.867 bits per heavy atom. The fourth-order valence-electron chi connectivity index (χ4n) is 4.60. The van der Waals surface area contributed by atoms with Gasteiger partial charge in [0.15, 0.2) is 0 Å². The van der Waals surface area contributed by atoms with Crippen LogP contribution in [-0.2, 0) is 28.1 Å². The summed E-state index contributed by atoms with van der Waals surface area (Å²) in [4.78, 5) is 0. The molecule has 0 saturated carbocycles. The van der Waals surface area contributed by atoms with E-state index in [0.717, 1.165) is 6.42 Å². The van der Waals surface area contributed by atoms with Gasteiger partial charge < -0.3 is 14.9 Å². The Labute approximate surface area is 193 Å². The van der Waals surface area contributed by atoms with E-state index in [1.54, 1.807) is 0 Å². The molecule has 6 aromatic carbocycles. The first-order valence-electron chi connectivity index (χ1n) is 9.50. The predicted octanol–water partition coefficient (Wildman–Crippen LogP) is 8.23. The van der Waals surface area contributed by atoms with Crippen LogP contribution in [0.1, 0.15) is 11.1 Å². The molecule has 0 aliphatic carbocycles. The first-order chi connectivity index (χ1) is 13.4. The summed E-state index contributed by atoms with van der Waals surface area (Å²) < 4.78 is 0. The SMILES string of the molecule is [CH3-].[CH3-].[Ti+4].c1ccc2c(c1)[cH-]c1c(Cc3cccc4c3[cH-]c3ccccc34)cccc12. The van der Waals surface area contributed by atoms with Crippen molar-refractivity contribution in [1.29, 1.82) is 0 Å². The van der Waals surface area contributed by atoms with Crippen LogP contribution in [0, 0.1) is 14.9 Å². The molecular weight excluding hydrogens is 396 g/mol. The Balaban J connectivity index is 0.000000853. The van der Waals surface area contributed by atoms with Crippen LogP contribution in [-0.4, -0.2) is 0 Å². The molecule has 6 aromatic rings. The van der Waals surface area contributed by atoms with E-state index in [4.69, 9.17) is 0 Å². The van der Waals surface area contributed by atoms with E-state index in [2.05, 4.69) is 97.1 Å². The molecular formula is C29H24Ti. The second-order valence-corrected chi connectivity index (χ2v) is 7.40. The number of hydrogen-bond donors (Lipinski definition) is 0. The number of hydrogen-bond acceptors (Lipinski definition) is 0. The maximum absolute atomic E-state index is 2.35. The van der Waals surface area contributed by atoms with Gasteiger partial charge in [-0.25, -0.2) is 0 Å². The van der Waals surface area contributed by atoms with E-state index in [1.807, 2.05) is 0 Å².